The molecule has 0 saturated carbocycles. The van der Waals surface area contributed by atoms with Crippen molar-refractivity contribution in [1.82, 2.24) is 19.9 Å². The van der Waals surface area contributed by atoms with Crippen LogP contribution in [-0.4, -0.2) is 19.9 Å². The van der Waals surface area contributed by atoms with E-state index in [2.05, 4.69) is 115 Å². The van der Waals surface area contributed by atoms with Crippen LogP contribution in [0.15, 0.2) is 162 Å². The first-order valence-corrected chi connectivity index (χ1v) is 17.3. The number of hydrogen-bond donors (Lipinski definition) is 0. The maximum Gasteiger partial charge on any atom is 0.227 e. The minimum atomic E-state index is 0.613. The van der Waals surface area contributed by atoms with Gasteiger partial charge in [0.2, 0.25) is 5.89 Å². The quantitative estimate of drug-likeness (QED) is 0.184. The molecule has 0 fully saturated rings. The summed E-state index contributed by atoms with van der Waals surface area (Å²) in [5.74, 6) is 2.48. The van der Waals surface area contributed by atoms with Gasteiger partial charge in [0.1, 0.15) is 5.52 Å². The van der Waals surface area contributed by atoms with Crippen molar-refractivity contribution in [2.75, 3.05) is 0 Å². The summed E-state index contributed by atoms with van der Waals surface area (Å²) in [4.78, 5) is 20.4. The van der Waals surface area contributed by atoms with Gasteiger partial charge in [0.15, 0.2) is 23.1 Å². The molecule has 0 aliphatic rings. The molecule has 0 spiro atoms. The summed E-state index contributed by atoms with van der Waals surface area (Å²) >= 11 is 1.74. The zero-order chi connectivity index (χ0) is 33.0. The summed E-state index contributed by atoms with van der Waals surface area (Å²) in [7, 11) is 0. The van der Waals surface area contributed by atoms with Crippen molar-refractivity contribution in [3.05, 3.63) is 158 Å². The summed E-state index contributed by atoms with van der Waals surface area (Å²) in [5, 5.41) is 4.48. The van der Waals surface area contributed by atoms with E-state index in [1.165, 1.54) is 5.39 Å². The van der Waals surface area contributed by atoms with E-state index >= 15 is 0 Å². The lowest BCUT2D eigenvalue weighted by Crippen LogP contribution is -2.01. The van der Waals surface area contributed by atoms with E-state index in [-0.39, 0.29) is 0 Å². The van der Waals surface area contributed by atoms with Gasteiger partial charge in [-0.25, -0.2) is 19.9 Å². The normalized spacial score (nSPS) is 11.6. The van der Waals surface area contributed by atoms with Gasteiger partial charge >= 0.3 is 0 Å². The molecular formula is C44H26N4OS. The maximum absolute atomic E-state index is 6.32. The van der Waals surface area contributed by atoms with E-state index < -0.39 is 0 Å². The largest absolute Gasteiger partial charge is 0.436 e. The number of hydrogen-bond acceptors (Lipinski definition) is 6. The van der Waals surface area contributed by atoms with Crippen LogP contribution in [0.1, 0.15) is 0 Å². The molecule has 10 rings (SSSR count). The first-order valence-electron chi connectivity index (χ1n) is 16.5. The molecule has 0 amide bonds. The Labute approximate surface area is 291 Å². The number of aromatic nitrogens is 4. The smallest absolute Gasteiger partial charge is 0.227 e. The summed E-state index contributed by atoms with van der Waals surface area (Å²) < 4.78 is 8.60. The molecule has 50 heavy (non-hydrogen) atoms. The fourth-order valence-electron chi connectivity index (χ4n) is 6.76. The summed E-state index contributed by atoms with van der Waals surface area (Å²) in [6.07, 6.45) is 0. The van der Waals surface area contributed by atoms with Crippen molar-refractivity contribution in [1.29, 1.82) is 0 Å². The number of nitrogens with zero attached hydrogens (tertiary/aromatic N) is 4. The molecular weight excluding hydrogens is 633 g/mol. The second-order valence-corrected chi connectivity index (χ2v) is 13.3. The SMILES string of the molecule is c1ccc(-c2nc3cc4sc5cccc(-c6nc(-c7ccc8ccccc8c7)nc(-c7ccccc7-c7ccccc7)n6)c5c4cc3o2)cc1. The number of fused-ring (bicyclic) bond motifs is 5. The van der Waals surface area contributed by atoms with Crippen molar-refractivity contribution < 1.29 is 4.42 Å². The van der Waals surface area contributed by atoms with E-state index in [1.54, 1.807) is 11.3 Å². The molecule has 5 nitrogen and oxygen atoms in total. The number of oxazole rings is 1. The molecule has 7 aromatic carbocycles. The van der Waals surface area contributed by atoms with Gasteiger partial charge < -0.3 is 4.42 Å². The molecule has 0 saturated heterocycles. The lowest BCUT2D eigenvalue weighted by atomic mass is 9.99. The highest BCUT2D eigenvalue weighted by atomic mass is 32.1. The first-order chi connectivity index (χ1) is 24.7. The molecule has 3 heterocycles. The topological polar surface area (TPSA) is 64.7 Å². The number of thiophene rings is 1. The minimum absolute atomic E-state index is 0.613. The zero-order valence-electron chi connectivity index (χ0n) is 26.6. The van der Waals surface area contributed by atoms with Gasteiger partial charge in [0.25, 0.3) is 0 Å². The van der Waals surface area contributed by atoms with Gasteiger partial charge in [-0.2, -0.15) is 0 Å². The Kier molecular flexibility index (Phi) is 6.60. The van der Waals surface area contributed by atoms with Crippen LogP contribution in [0.2, 0.25) is 0 Å². The highest BCUT2D eigenvalue weighted by molar-refractivity contribution is 7.26. The average Bonchev–Trinajstić information content (AvgIpc) is 3.78. The molecule has 0 atom stereocenters. The molecule has 0 aliphatic heterocycles. The van der Waals surface area contributed by atoms with Crippen molar-refractivity contribution >= 4 is 53.4 Å². The monoisotopic (exact) mass is 658 g/mol. The molecule has 6 heteroatoms. The predicted molar refractivity (Wildman–Crippen MR) is 205 cm³/mol. The molecule has 3 aromatic heterocycles. The summed E-state index contributed by atoms with van der Waals surface area (Å²) in [6.45, 7) is 0. The van der Waals surface area contributed by atoms with E-state index in [1.807, 2.05) is 42.5 Å². The Bertz CT molecular complexity index is 2880. The molecule has 0 aliphatic carbocycles. The molecule has 234 valence electrons. The zero-order valence-corrected chi connectivity index (χ0v) is 27.4. The van der Waals surface area contributed by atoms with Gasteiger partial charge in [0, 0.05) is 42.4 Å². The van der Waals surface area contributed by atoms with Crippen molar-refractivity contribution in [2.24, 2.45) is 0 Å². The molecule has 0 N–H and O–H groups in total. The second-order valence-electron chi connectivity index (χ2n) is 12.3. The second kappa shape index (κ2) is 11.6. The van der Waals surface area contributed by atoms with Gasteiger partial charge in [-0.15, -0.1) is 11.3 Å². The van der Waals surface area contributed by atoms with Gasteiger partial charge in [-0.3, -0.25) is 0 Å². The van der Waals surface area contributed by atoms with E-state index in [9.17, 15) is 0 Å². The minimum Gasteiger partial charge on any atom is -0.436 e. The first kappa shape index (κ1) is 28.5. The third-order valence-electron chi connectivity index (χ3n) is 9.16. The Balaban J connectivity index is 1.21. The van der Waals surface area contributed by atoms with Crippen LogP contribution in [0, 0.1) is 0 Å². The third kappa shape index (κ3) is 4.85. The van der Waals surface area contributed by atoms with Crippen LogP contribution in [0.4, 0.5) is 0 Å². The predicted octanol–water partition coefficient (Wildman–Crippen LogP) is 11.9. The molecule has 0 radical (unpaired) electrons. The molecule has 10 aromatic rings. The van der Waals surface area contributed by atoms with Crippen LogP contribution in [0.3, 0.4) is 0 Å². The van der Waals surface area contributed by atoms with Gasteiger partial charge in [-0.1, -0.05) is 121 Å². The third-order valence-corrected chi connectivity index (χ3v) is 10.3. The number of benzene rings is 7. The Morgan fingerprint density at radius 1 is 0.420 bits per heavy atom. The van der Waals surface area contributed by atoms with Crippen LogP contribution in [-0.2, 0) is 0 Å². The van der Waals surface area contributed by atoms with E-state index in [0.717, 1.165) is 70.0 Å². The highest BCUT2D eigenvalue weighted by Gasteiger charge is 2.20. The van der Waals surface area contributed by atoms with E-state index in [4.69, 9.17) is 24.4 Å². The Morgan fingerprint density at radius 2 is 1.08 bits per heavy atom. The lowest BCUT2D eigenvalue weighted by molar-refractivity contribution is 0.620. The van der Waals surface area contributed by atoms with Crippen LogP contribution in [0.25, 0.3) is 98.8 Å². The fourth-order valence-corrected chi connectivity index (χ4v) is 7.91. The van der Waals surface area contributed by atoms with Crippen LogP contribution >= 0.6 is 11.3 Å². The van der Waals surface area contributed by atoms with E-state index in [0.29, 0.717) is 23.4 Å². The number of rotatable bonds is 5. The average molecular weight is 659 g/mol. The van der Waals surface area contributed by atoms with Crippen molar-refractivity contribution in [2.45, 2.75) is 0 Å². The van der Waals surface area contributed by atoms with Crippen molar-refractivity contribution in [3.63, 3.8) is 0 Å². The van der Waals surface area contributed by atoms with Gasteiger partial charge in [-0.05, 0) is 58.3 Å². The lowest BCUT2D eigenvalue weighted by Gasteiger charge is -2.13. The standard InChI is InChI=1S/C44H26N4OS/c1-3-13-28(14-4-1)32-18-9-10-19-33(32)42-46-41(31-23-22-27-12-7-8-17-30(27)24-31)47-43(48-42)34-20-11-21-38-40(34)35-25-37-36(26-39(35)50-38)45-44(49-37)29-15-5-2-6-16-29/h1-26H. The van der Waals surface area contributed by atoms with Gasteiger partial charge in [0.05, 0.1) is 0 Å². The fraction of sp³-hybridized carbons (Fsp3) is 0. The van der Waals surface area contributed by atoms with Crippen LogP contribution < -0.4 is 0 Å². The maximum atomic E-state index is 6.32. The highest BCUT2D eigenvalue weighted by Crippen LogP contribution is 2.42. The van der Waals surface area contributed by atoms with Crippen molar-refractivity contribution in [3.8, 4) is 56.7 Å². The van der Waals surface area contributed by atoms with Crippen LogP contribution in [0.5, 0.6) is 0 Å². The molecule has 0 bridgehead atoms. The Hall–Kier alpha value is -6.50. The summed E-state index contributed by atoms with van der Waals surface area (Å²) in [5.41, 5.74) is 7.53. The molecule has 0 unspecified atom stereocenters. The summed E-state index contributed by atoms with van der Waals surface area (Å²) in [6, 6.07) is 54.1. The Morgan fingerprint density at radius 3 is 1.90 bits per heavy atom.